The summed E-state index contributed by atoms with van der Waals surface area (Å²) in [7, 11) is 0. The fraction of sp³-hybridized carbons (Fsp3) is 0.696. The molecule has 0 amide bonds. The fourth-order valence-electron chi connectivity index (χ4n) is 4.21. The molecule has 0 unspecified atom stereocenters. The average Bonchev–Trinajstić information content (AvgIpc) is 2.78. The van der Waals surface area contributed by atoms with Gasteiger partial charge in [0.05, 0.1) is 6.54 Å². The van der Waals surface area contributed by atoms with Crippen molar-refractivity contribution in [3.8, 4) is 0 Å². The Labute approximate surface area is 176 Å². The molecule has 0 atom stereocenters. The standard InChI is InChI=1S/C23H39N5O/c1-2-24-23(25-12-17-27-13-4-3-5-14-27)26-18-20-6-8-22(9-7-20)28-15-10-21(19-29)11-16-28/h6-9,21,29H,2-5,10-19H2,1H3,(H2,24,25,26). The van der Waals surface area contributed by atoms with Crippen LogP contribution in [-0.2, 0) is 6.54 Å². The van der Waals surface area contributed by atoms with Crippen molar-refractivity contribution < 1.29 is 5.11 Å². The number of nitrogens with zero attached hydrogens (tertiary/aromatic N) is 3. The van der Waals surface area contributed by atoms with E-state index in [1.54, 1.807) is 0 Å². The van der Waals surface area contributed by atoms with E-state index >= 15 is 0 Å². The number of likely N-dealkylation sites (tertiary alicyclic amines) is 1. The van der Waals surface area contributed by atoms with E-state index in [4.69, 9.17) is 4.99 Å². The molecule has 0 radical (unpaired) electrons. The predicted octanol–water partition coefficient (Wildman–Crippen LogP) is 2.44. The van der Waals surface area contributed by atoms with E-state index in [0.717, 1.165) is 51.5 Å². The molecule has 2 heterocycles. The van der Waals surface area contributed by atoms with Crippen LogP contribution >= 0.6 is 0 Å². The van der Waals surface area contributed by atoms with Crippen LogP contribution in [0.25, 0.3) is 0 Å². The summed E-state index contributed by atoms with van der Waals surface area (Å²) in [5.74, 6) is 1.38. The molecule has 6 nitrogen and oxygen atoms in total. The maximum absolute atomic E-state index is 9.30. The van der Waals surface area contributed by atoms with Gasteiger partial charge in [-0.3, -0.25) is 0 Å². The van der Waals surface area contributed by atoms with Crippen molar-refractivity contribution in [2.75, 3.05) is 57.3 Å². The second kappa shape index (κ2) is 12.0. The molecule has 3 N–H and O–H groups in total. The van der Waals surface area contributed by atoms with Gasteiger partial charge in [0, 0.05) is 45.0 Å². The molecule has 0 bridgehead atoms. The quantitative estimate of drug-likeness (QED) is 0.461. The highest BCUT2D eigenvalue weighted by Crippen LogP contribution is 2.23. The summed E-state index contributed by atoms with van der Waals surface area (Å²) in [5.41, 5.74) is 2.51. The van der Waals surface area contributed by atoms with Crippen LogP contribution in [0.2, 0.25) is 0 Å². The number of rotatable bonds is 8. The van der Waals surface area contributed by atoms with Gasteiger partial charge in [-0.25, -0.2) is 4.99 Å². The van der Waals surface area contributed by atoms with E-state index < -0.39 is 0 Å². The number of nitrogens with one attached hydrogen (secondary N) is 2. The maximum Gasteiger partial charge on any atom is 0.191 e. The molecular weight excluding hydrogens is 362 g/mol. The van der Waals surface area contributed by atoms with Gasteiger partial charge in [-0.2, -0.15) is 0 Å². The molecule has 1 aromatic rings. The predicted molar refractivity (Wildman–Crippen MR) is 122 cm³/mol. The Bertz CT molecular complexity index is 604. The summed E-state index contributed by atoms with van der Waals surface area (Å²) in [6, 6.07) is 8.80. The minimum atomic E-state index is 0.324. The van der Waals surface area contributed by atoms with E-state index in [1.165, 1.54) is 43.6 Å². The van der Waals surface area contributed by atoms with Gasteiger partial charge < -0.3 is 25.5 Å². The Morgan fingerprint density at radius 3 is 2.41 bits per heavy atom. The third-order valence-corrected chi connectivity index (χ3v) is 6.11. The first-order valence-electron chi connectivity index (χ1n) is 11.5. The molecule has 0 aliphatic carbocycles. The Kier molecular flexibility index (Phi) is 9.09. The van der Waals surface area contributed by atoms with Crippen molar-refractivity contribution in [2.24, 2.45) is 10.9 Å². The highest BCUT2D eigenvalue weighted by Gasteiger charge is 2.18. The minimum Gasteiger partial charge on any atom is -0.396 e. The maximum atomic E-state index is 9.30. The lowest BCUT2D eigenvalue weighted by Gasteiger charge is -2.32. The molecule has 3 rings (SSSR count). The summed E-state index contributed by atoms with van der Waals surface area (Å²) >= 11 is 0. The van der Waals surface area contributed by atoms with Gasteiger partial charge in [0.15, 0.2) is 5.96 Å². The summed E-state index contributed by atoms with van der Waals surface area (Å²) in [5, 5.41) is 16.1. The summed E-state index contributed by atoms with van der Waals surface area (Å²) in [4.78, 5) is 9.73. The highest BCUT2D eigenvalue weighted by atomic mass is 16.3. The Morgan fingerprint density at radius 2 is 1.76 bits per heavy atom. The van der Waals surface area contributed by atoms with Crippen molar-refractivity contribution in [3.63, 3.8) is 0 Å². The number of aliphatic imine (C=N–C) groups is 1. The highest BCUT2D eigenvalue weighted by molar-refractivity contribution is 5.79. The monoisotopic (exact) mass is 401 g/mol. The number of benzene rings is 1. The Hall–Kier alpha value is -1.79. The van der Waals surface area contributed by atoms with E-state index in [1.807, 2.05) is 0 Å². The molecule has 29 heavy (non-hydrogen) atoms. The van der Waals surface area contributed by atoms with Crippen molar-refractivity contribution in [3.05, 3.63) is 29.8 Å². The fourth-order valence-corrected chi connectivity index (χ4v) is 4.21. The molecule has 1 aromatic carbocycles. The Morgan fingerprint density at radius 1 is 1.03 bits per heavy atom. The van der Waals surface area contributed by atoms with Crippen molar-refractivity contribution in [1.82, 2.24) is 15.5 Å². The largest absolute Gasteiger partial charge is 0.396 e. The number of aliphatic hydroxyl groups excluding tert-OH is 1. The zero-order chi connectivity index (χ0) is 20.3. The second-order valence-corrected chi connectivity index (χ2v) is 8.30. The van der Waals surface area contributed by atoms with E-state index in [-0.39, 0.29) is 0 Å². The zero-order valence-electron chi connectivity index (χ0n) is 18.1. The molecule has 2 saturated heterocycles. The van der Waals surface area contributed by atoms with Crippen LogP contribution in [0.3, 0.4) is 0 Å². The second-order valence-electron chi connectivity index (χ2n) is 8.30. The normalized spacial score (nSPS) is 19.4. The number of anilines is 1. The van der Waals surface area contributed by atoms with Gasteiger partial charge in [-0.05, 0) is 69.3 Å². The van der Waals surface area contributed by atoms with Crippen LogP contribution in [0.1, 0.15) is 44.6 Å². The SMILES string of the molecule is CCNC(=NCc1ccc(N2CCC(CO)CC2)cc1)NCCN1CCCCC1. The zero-order valence-corrected chi connectivity index (χ0v) is 18.1. The topological polar surface area (TPSA) is 63.1 Å². The van der Waals surface area contributed by atoms with Crippen LogP contribution in [-0.4, -0.2) is 68.4 Å². The molecule has 0 spiro atoms. The first-order chi connectivity index (χ1) is 14.3. The number of hydrogen-bond donors (Lipinski definition) is 3. The van der Waals surface area contributed by atoms with Gasteiger partial charge in [0.2, 0.25) is 0 Å². The Balaban J connectivity index is 1.45. The molecular formula is C23H39N5O. The summed E-state index contributed by atoms with van der Waals surface area (Å²) in [6.07, 6.45) is 6.22. The number of aliphatic hydroxyl groups is 1. The molecule has 0 aromatic heterocycles. The lowest BCUT2D eigenvalue weighted by Crippen LogP contribution is -2.42. The van der Waals surface area contributed by atoms with Crippen molar-refractivity contribution in [2.45, 2.75) is 45.6 Å². The van der Waals surface area contributed by atoms with E-state index in [2.05, 4.69) is 51.6 Å². The number of piperidine rings is 2. The van der Waals surface area contributed by atoms with E-state index in [0.29, 0.717) is 19.1 Å². The van der Waals surface area contributed by atoms with Gasteiger partial charge in [-0.1, -0.05) is 18.6 Å². The van der Waals surface area contributed by atoms with E-state index in [9.17, 15) is 5.11 Å². The van der Waals surface area contributed by atoms with Crippen LogP contribution in [0.15, 0.2) is 29.3 Å². The van der Waals surface area contributed by atoms with Crippen LogP contribution in [0.4, 0.5) is 5.69 Å². The van der Waals surface area contributed by atoms with Gasteiger partial charge in [0.1, 0.15) is 0 Å². The number of guanidine groups is 1. The van der Waals surface area contributed by atoms with Crippen molar-refractivity contribution >= 4 is 11.6 Å². The lowest BCUT2D eigenvalue weighted by atomic mass is 9.97. The molecule has 162 valence electrons. The van der Waals surface area contributed by atoms with Crippen LogP contribution in [0.5, 0.6) is 0 Å². The average molecular weight is 402 g/mol. The molecule has 2 fully saturated rings. The third-order valence-electron chi connectivity index (χ3n) is 6.11. The smallest absolute Gasteiger partial charge is 0.191 e. The molecule has 2 aliphatic heterocycles. The first kappa shape index (κ1) is 21.9. The van der Waals surface area contributed by atoms with Gasteiger partial charge in [0.25, 0.3) is 0 Å². The number of hydrogen-bond acceptors (Lipinski definition) is 4. The summed E-state index contributed by atoms with van der Waals surface area (Å²) < 4.78 is 0. The molecule has 0 saturated carbocycles. The van der Waals surface area contributed by atoms with Gasteiger partial charge >= 0.3 is 0 Å². The first-order valence-corrected chi connectivity index (χ1v) is 11.5. The molecule has 6 heteroatoms. The molecule has 2 aliphatic rings. The summed E-state index contributed by atoms with van der Waals surface area (Å²) in [6.45, 7) is 10.6. The van der Waals surface area contributed by atoms with Crippen molar-refractivity contribution in [1.29, 1.82) is 0 Å². The van der Waals surface area contributed by atoms with Crippen LogP contribution in [0, 0.1) is 5.92 Å². The lowest BCUT2D eigenvalue weighted by molar-refractivity contribution is 0.203. The third kappa shape index (κ3) is 7.19. The van der Waals surface area contributed by atoms with Gasteiger partial charge in [-0.15, -0.1) is 0 Å². The minimum absolute atomic E-state index is 0.324. The van der Waals surface area contributed by atoms with Crippen LogP contribution < -0.4 is 15.5 Å².